The van der Waals surface area contributed by atoms with Gasteiger partial charge >= 0.3 is 0 Å². The summed E-state index contributed by atoms with van der Waals surface area (Å²) in [6.45, 7) is 4.76. The van der Waals surface area contributed by atoms with E-state index in [1.807, 2.05) is 0 Å². The lowest BCUT2D eigenvalue weighted by Gasteiger charge is -2.36. The van der Waals surface area contributed by atoms with Crippen molar-refractivity contribution in [2.45, 2.75) is 37.1 Å². The van der Waals surface area contributed by atoms with E-state index in [0.717, 1.165) is 6.42 Å². The number of fused-ring (bicyclic) bond motifs is 7. The normalized spacial score (nSPS) is 16.2. The molecule has 1 unspecified atom stereocenters. The van der Waals surface area contributed by atoms with Crippen molar-refractivity contribution in [2.75, 3.05) is 4.90 Å². The molecular weight excluding hydrogens is 759 g/mol. The van der Waals surface area contributed by atoms with E-state index in [4.69, 9.17) is 0 Å². The smallest absolute Gasteiger partial charge is 0.0713 e. The first-order valence-electron chi connectivity index (χ1n) is 22.4. The second kappa shape index (κ2) is 14.6. The third kappa shape index (κ3) is 5.62. The van der Waals surface area contributed by atoms with Gasteiger partial charge in [-0.1, -0.05) is 226 Å². The lowest BCUT2D eigenvalue weighted by atomic mass is 9.67. The van der Waals surface area contributed by atoms with Crippen LogP contribution in [0.4, 0.5) is 11.4 Å². The van der Waals surface area contributed by atoms with Crippen LogP contribution >= 0.6 is 0 Å². The number of hydrogen-bond donors (Lipinski definition) is 0. The average Bonchev–Trinajstić information content (AvgIpc) is 3.78. The maximum Gasteiger partial charge on any atom is 0.0713 e. The van der Waals surface area contributed by atoms with Crippen LogP contribution in [0.15, 0.2) is 231 Å². The number of allylic oxidation sites excluding steroid dienone is 2. The molecule has 0 amide bonds. The zero-order valence-corrected chi connectivity index (χ0v) is 35.7. The standard InChI is InChI=1S/C62H47N/c1-61(2)54-30-16-14-27-51(54)52-39-38-48(41-57(52)61)63(58-40-35-42-19-12-13-26-49(42)59(58)44-20-6-3-7-21-44)47-36-33-43(34-37-47)50-29-18-32-56-60(50)53-28-15-17-31-55(53)62(56,45-22-8-4-9-23-45)46-24-10-5-11-25-46/h3-36,38-41,47H,37H2,1-2H3. The SMILES string of the molecule is CC1(C)c2ccccc2-c2ccc(N(c3ccc4ccccc4c3-c3ccccc3)C3C=CC(c4cccc5c4-c4ccccc4C5(c4ccccc4)c4ccccc4)=CC3)cc21. The van der Waals surface area contributed by atoms with Crippen LogP contribution in [-0.2, 0) is 10.8 Å². The van der Waals surface area contributed by atoms with Crippen molar-refractivity contribution >= 4 is 27.7 Å². The highest BCUT2D eigenvalue weighted by molar-refractivity contribution is 6.04. The van der Waals surface area contributed by atoms with Crippen molar-refractivity contribution in [3.8, 4) is 33.4 Å². The first-order chi connectivity index (χ1) is 31.0. The van der Waals surface area contributed by atoms with E-state index in [1.165, 1.54) is 100 Å². The molecule has 1 heteroatoms. The molecule has 0 fully saturated rings. The molecule has 1 atom stereocenters. The highest BCUT2D eigenvalue weighted by Crippen LogP contribution is 2.58. The molecule has 0 radical (unpaired) electrons. The molecule has 63 heavy (non-hydrogen) atoms. The van der Waals surface area contributed by atoms with Gasteiger partial charge < -0.3 is 4.90 Å². The summed E-state index contributed by atoms with van der Waals surface area (Å²) in [6.07, 6.45) is 8.22. The largest absolute Gasteiger partial charge is 0.334 e. The van der Waals surface area contributed by atoms with Crippen LogP contribution in [0.3, 0.4) is 0 Å². The van der Waals surface area contributed by atoms with Crippen LogP contribution in [0.1, 0.15) is 59.2 Å². The monoisotopic (exact) mass is 805 g/mol. The zero-order chi connectivity index (χ0) is 42.1. The van der Waals surface area contributed by atoms with Gasteiger partial charge in [0.25, 0.3) is 0 Å². The maximum atomic E-state index is 2.62. The van der Waals surface area contributed by atoms with E-state index < -0.39 is 5.41 Å². The lowest BCUT2D eigenvalue weighted by molar-refractivity contribution is 0.659. The van der Waals surface area contributed by atoms with Crippen molar-refractivity contribution in [3.63, 3.8) is 0 Å². The first-order valence-corrected chi connectivity index (χ1v) is 22.4. The molecule has 3 aliphatic carbocycles. The topological polar surface area (TPSA) is 3.24 Å². The van der Waals surface area contributed by atoms with Crippen LogP contribution in [0.25, 0.3) is 49.7 Å². The van der Waals surface area contributed by atoms with Gasteiger partial charge in [0.1, 0.15) is 0 Å². The Labute approximate surface area is 371 Å². The van der Waals surface area contributed by atoms with Gasteiger partial charge in [-0.3, -0.25) is 0 Å². The van der Waals surface area contributed by atoms with Crippen molar-refractivity contribution in [3.05, 3.63) is 269 Å². The number of anilines is 2. The molecule has 0 saturated heterocycles. The predicted molar refractivity (Wildman–Crippen MR) is 265 cm³/mol. The summed E-state index contributed by atoms with van der Waals surface area (Å²) < 4.78 is 0. The Balaban J connectivity index is 1.02. The molecule has 1 nitrogen and oxygen atoms in total. The fraction of sp³-hybridized carbons (Fsp3) is 0.0968. The summed E-state index contributed by atoms with van der Waals surface area (Å²) in [6, 6.07) is 79.0. The summed E-state index contributed by atoms with van der Waals surface area (Å²) in [5.41, 5.74) is 20.2. The second-order valence-electron chi connectivity index (χ2n) is 17.9. The second-order valence-corrected chi connectivity index (χ2v) is 17.9. The molecule has 300 valence electrons. The van der Waals surface area contributed by atoms with Crippen molar-refractivity contribution in [1.82, 2.24) is 0 Å². The summed E-state index contributed by atoms with van der Waals surface area (Å²) in [5, 5.41) is 2.50. The number of hydrogen-bond acceptors (Lipinski definition) is 1. The third-order valence-electron chi connectivity index (χ3n) is 14.3. The van der Waals surface area contributed by atoms with Gasteiger partial charge in [-0.25, -0.2) is 0 Å². The molecular formula is C62H47N. The Morgan fingerprint density at radius 3 is 1.79 bits per heavy atom. The molecule has 0 aliphatic heterocycles. The molecule has 9 aromatic rings. The number of nitrogens with zero attached hydrogens (tertiary/aromatic N) is 1. The zero-order valence-electron chi connectivity index (χ0n) is 35.7. The van der Waals surface area contributed by atoms with E-state index in [1.54, 1.807) is 0 Å². The van der Waals surface area contributed by atoms with Gasteiger partial charge in [-0.05, 0) is 108 Å². The molecule has 0 bridgehead atoms. The summed E-state index contributed by atoms with van der Waals surface area (Å²) in [5.74, 6) is 0. The van der Waals surface area contributed by atoms with Gasteiger partial charge in [-0.2, -0.15) is 0 Å². The summed E-state index contributed by atoms with van der Waals surface area (Å²) in [7, 11) is 0. The Bertz CT molecular complexity index is 3240. The van der Waals surface area contributed by atoms with Crippen LogP contribution < -0.4 is 4.90 Å². The molecule has 0 spiro atoms. The molecule has 0 N–H and O–H groups in total. The third-order valence-corrected chi connectivity index (χ3v) is 14.3. The van der Waals surface area contributed by atoms with Crippen LogP contribution in [-0.4, -0.2) is 6.04 Å². The fourth-order valence-corrected chi connectivity index (χ4v) is 11.5. The van der Waals surface area contributed by atoms with E-state index in [0.29, 0.717) is 0 Å². The van der Waals surface area contributed by atoms with E-state index in [9.17, 15) is 0 Å². The van der Waals surface area contributed by atoms with Crippen LogP contribution in [0.5, 0.6) is 0 Å². The summed E-state index contributed by atoms with van der Waals surface area (Å²) >= 11 is 0. The molecule has 3 aliphatic rings. The van der Waals surface area contributed by atoms with Crippen LogP contribution in [0, 0.1) is 0 Å². The quantitative estimate of drug-likeness (QED) is 0.155. The number of rotatable bonds is 7. The van der Waals surface area contributed by atoms with E-state index in [-0.39, 0.29) is 11.5 Å². The minimum absolute atomic E-state index is 0.0686. The highest BCUT2D eigenvalue weighted by Gasteiger charge is 2.47. The molecule has 12 rings (SSSR count). The lowest BCUT2D eigenvalue weighted by Crippen LogP contribution is -2.31. The Morgan fingerprint density at radius 2 is 1.06 bits per heavy atom. The van der Waals surface area contributed by atoms with Crippen LogP contribution in [0.2, 0.25) is 0 Å². The van der Waals surface area contributed by atoms with Gasteiger partial charge in [-0.15, -0.1) is 0 Å². The summed E-state index contributed by atoms with van der Waals surface area (Å²) in [4.78, 5) is 2.62. The van der Waals surface area contributed by atoms with Crippen molar-refractivity contribution in [1.29, 1.82) is 0 Å². The van der Waals surface area contributed by atoms with Gasteiger partial charge in [0.15, 0.2) is 0 Å². The Kier molecular flexibility index (Phi) is 8.63. The molecule has 0 aromatic heterocycles. The van der Waals surface area contributed by atoms with Gasteiger partial charge in [0.05, 0.1) is 17.1 Å². The van der Waals surface area contributed by atoms with Crippen molar-refractivity contribution in [2.24, 2.45) is 0 Å². The van der Waals surface area contributed by atoms with Gasteiger partial charge in [0, 0.05) is 16.7 Å². The van der Waals surface area contributed by atoms with E-state index in [2.05, 4.69) is 249 Å². The maximum absolute atomic E-state index is 2.62. The molecule has 0 saturated carbocycles. The number of benzene rings is 9. The highest BCUT2D eigenvalue weighted by atomic mass is 15.2. The van der Waals surface area contributed by atoms with Gasteiger partial charge in [0.2, 0.25) is 0 Å². The average molecular weight is 806 g/mol. The molecule has 9 aromatic carbocycles. The Morgan fingerprint density at radius 1 is 0.460 bits per heavy atom. The minimum Gasteiger partial charge on any atom is -0.334 e. The molecule has 0 heterocycles. The predicted octanol–water partition coefficient (Wildman–Crippen LogP) is 15.7. The first kappa shape index (κ1) is 37.3. The van der Waals surface area contributed by atoms with Crippen molar-refractivity contribution < 1.29 is 0 Å². The minimum atomic E-state index is -0.437. The van der Waals surface area contributed by atoms with E-state index >= 15 is 0 Å². The fourth-order valence-electron chi connectivity index (χ4n) is 11.5. The Hall–Kier alpha value is -7.48.